The van der Waals surface area contributed by atoms with E-state index in [0.717, 1.165) is 23.3 Å². The highest BCUT2D eigenvalue weighted by atomic mass is 79.9. The van der Waals surface area contributed by atoms with Crippen molar-refractivity contribution >= 4 is 15.9 Å². The van der Waals surface area contributed by atoms with Crippen molar-refractivity contribution in [1.82, 2.24) is 5.32 Å². The Bertz CT molecular complexity index is 381. The number of nitrogens with one attached hydrogen (secondary N) is 1. The van der Waals surface area contributed by atoms with Crippen LogP contribution in [0.2, 0.25) is 0 Å². The van der Waals surface area contributed by atoms with E-state index in [-0.39, 0.29) is 0 Å². The van der Waals surface area contributed by atoms with E-state index in [1.165, 1.54) is 56.9 Å². The van der Waals surface area contributed by atoms with Gasteiger partial charge in [-0.1, -0.05) is 67.8 Å². The van der Waals surface area contributed by atoms with Crippen LogP contribution >= 0.6 is 15.9 Å². The van der Waals surface area contributed by atoms with Gasteiger partial charge in [-0.2, -0.15) is 0 Å². The molecule has 120 valence electrons. The van der Waals surface area contributed by atoms with Crippen LogP contribution in [0.25, 0.3) is 0 Å². The quantitative estimate of drug-likeness (QED) is 0.486. The molecule has 2 nitrogen and oxygen atoms in total. The molecule has 3 heteroatoms. The van der Waals surface area contributed by atoms with Gasteiger partial charge in [-0.3, -0.25) is 0 Å². The lowest BCUT2D eigenvalue weighted by Gasteiger charge is -2.10. The highest BCUT2D eigenvalue weighted by Gasteiger charge is 2.02. The number of benzene rings is 1. The molecule has 0 unspecified atom stereocenters. The number of unbranched alkanes of at least 4 members (excludes halogenated alkanes) is 7. The van der Waals surface area contributed by atoms with E-state index < -0.39 is 0 Å². The Kier molecular flexibility index (Phi) is 10.6. The first-order valence-electron chi connectivity index (χ1n) is 8.31. The van der Waals surface area contributed by atoms with Crippen molar-refractivity contribution < 1.29 is 4.74 Å². The molecule has 0 aliphatic carbocycles. The molecular formula is C18H30BrNO. The molecule has 0 atom stereocenters. The minimum absolute atomic E-state index is 0.874. The van der Waals surface area contributed by atoms with Crippen LogP contribution < -0.4 is 10.1 Å². The van der Waals surface area contributed by atoms with Crippen molar-refractivity contribution in [2.45, 2.75) is 64.8 Å². The molecule has 21 heavy (non-hydrogen) atoms. The molecule has 0 saturated heterocycles. The lowest BCUT2D eigenvalue weighted by molar-refractivity contribution is 0.407. The normalized spacial score (nSPS) is 10.8. The number of halogens is 1. The summed E-state index contributed by atoms with van der Waals surface area (Å²) < 4.78 is 6.49. The van der Waals surface area contributed by atoms with Gasteiger partial charge in [0.05, 0.1) is 7.11 Å². The van der Waals surface area contributed by atoms with Crippen LogP contribution in [0.15, 0.2) is 22.7 Å². The largest absolute Gasteiger partial charge is 0.496 e. The third kappa shape index (κ3) is 8.47. The summed E-state index contributed by atoms with van der Waals surface area (Å²) in [5, 5.41) is 3.51. The molecule has 0 spiro atoms. The van der Waals surface area contributed by atoms with Crippen LogP contribution in [0.4, 0.5) is 0 Å². The second-order valence-corrected chi connectivity index (χ2v) is 6.52. The van der Waals surface area contributed by atoms with Gasteiger partial charge >= 0.3 is 0 Å². The summed E-state index contributed by atoms with van der Waals surface area (Å²) in [5.74, 6) is 0.960. The van der Waals surface area contributed by atoms with Crippen molar-refractivity contribution in [2.24, 2.45) is 0 Å². The van der Waals surface area contributed by atoms with Crippen LogP contribution in [-0.4, -0.2) is 13.7 Å². The van der Waals surface area contributed by atoms with Gasteiger partial charge < -0.3 is 10.1 Å². The molecule has 0 saturated carbocycles. The van der Waals surface area contributed by atoms with Gasteiger partial charge in [0.1, 0.15) is 5.75 Å². The molecule has 0 radical (unpaired) electrons. The lowest BCUT2D eigenvalue weighted by Crippen LogP contribution is -2.15. The third-order valence-electron chi connectivity index (χ3n) is 3.77. The summed E-state index contributed by atoms with van der Waals surface area (Å²) in [5.41, 5.74) is 1.21. The Morgan fingerprint density at radius 3 is 2.33 bits per heavy atom. The second kappa shape index (κ2) is 12.0. The van der Waals surface area contributed by atoms with Crippen molar-refractivity contribution in [3.8, 4) is 5.75 Å². The molecule has 1 N–H and O–H groups in total. The summed E-state index contributed by atoms with van der Waals surface area (Å²) in [4.78, 5) is 0. The summed E-state index contributed by atoms with van der Waals surface area (Å²) in [6.45, 7) is 4.23. The fourth-order valence-corrected chi connectivity index (χ4v) is 2.90. The monoisotopic (exact) mass is 355 g/mol. The topological polar surface area (TPSA) is 21.3 Å². The van der Waals surface area contributed by atoms with Crippen LogP contribution in [0.1, 0.15) is 63.9 Å². The number of methoxy groups -OCH3 is 1. The summed E-state index contributed by atoms with van der Waals surface area (Å²) in [6.07, 6.45) is 11.0. The van der Waals surface area contributed by atoms with Crippen LogP contribution in [0, 0.1) is 0 Å². The van der Waals surface area contributed by atoms with Gasteiger partial charge in [0.2, 0.25) is 0 Å². The van der Waals surface area contributed by atoms with Gasteiger partial charge in [-0.05, 0) is 31.2 Å². The van der Waals surface area contributed by atoms with E-state index in [2.05, 4.69) is 34.2 Å². The zero-order chi connectivity index (χ0) is 15.3. The lowest BCUT2D eigenvalue weighted by atomic mass is 10.1. The van der Waals surface area contributed by atoms with Crippen molar-refractivity contribution in [1.29, 1.82) is 0 Å². The molecule has 0 amide bonds. The van der Waals surface area contributed by atoms with Crippen LogP contribution in [-0.2, 0) is 6.54 Å². The highest BCUT2D eigenvalue weighted by Crippen LogP contribution is 2.22. The zero-order valence-electron chi connectivity index (χ0n) is 13.6. The van der Waals surface area contributed by atoms with E-state index >= 15 is 0 Å². The van der Waals surface area contributed by atoms with Crippen LogP contribution in [0.5, 0.6) is 5.75 Å². The average Bonchev–Trinajstić information content (AvgIpc) is 2.49. The first kappa shape index (κ1) is 18.5. The van der Waals surface area contributed by atoms with Crippen molar-refractivity contribution in [3.63, 3.8) is 0 Å². The Hall–Kier alpha value is -0.540. The fourth-order valence-electron chi connectivity index (χ4n) is 2.49. The molecule has 0 aliphatic heterocycles. The van der Waals surface area contributed by atoms with Gasteiger partial charge in [-0.15, -0.1) is 0 Å². The highest BCUT2D eigenvalue weighted by molar-refractivity contribution is 9.10. The zero-order valence-corrected chi connectivity index (χ0v) is 15.2. The molecule has 0 aliphatic rings. The second-order valence-electron chi connectivity index (χ2n) is 5.61. The molecule has 1 aromatic carbocycles. The Labute approximate surface area is 138 Å². The van der Waals surface area contributed by atoms with E-state index in [9.17, 15) is 0 Å². The molecule has 0 fully saturated rings. The molecule has 1 rings (SSSR count). The maximum Gasteiger partial charge on any atom is 0.123 e. The third-order valence-corrected chi connectivity index (χ3v) is 4.26. The fraction of sp³-hybridized carbons (Fsp3) is 0.667. The maximum absolute atomic E-state index is 5.38. The summed E-state index contributed by atoms with van der Waals surface area (Å²) in [7, 11) is 1.73. The summed E-state index contributed by atoms with van der Waals surface area (Å²) in [6, 6.07) is 6.15. The Balaban J connectivity index is 2.05. The smallest absolute Gasteiger partial charge is 0.123 e. The molecule has 1 aromatic rings. The predicted octanol–water partition coefficient (Wildman–Crippen LogP) is 5.69. The van der Waals surface area contributed by atoms with E-state index in [1.807, 2.05) is 12.1 Å². The van der Waals surface area contributed by atoms with Crippen LogP contribution in [0.3, 0.4) is 0 Å². The standard InChI is InChI=1S/C18H30BrNO/c1-3-4-5-6-7-8-9-10-13-20-15-16-14-17(19)11-12-18(16)21-2/h11-12,14,20H,3-10,13,15H2,1-2H3. The van der Waals surface area contributed by atoms with E-state index in [1.54, 1.807) is 7.11 Å². The van der Waals surface area contributed by atoms with Gasteiger partial charge in [0.15, 0.2) is 0 Å². The SMILES string of the molecule is CCCCCCCCCCNCc1cc(Br)ccc1OC. The molecular weight excluding hydrogens is 326 g/mol. The average molecular weight is 356 g/mol. The first-order chi connectivity index (χ1) is 10.3. The van der Waals surface area contributed by atoms with Crippen molar-refractivity contribution in [2.75, 3.05) is 13.7 Å². The predicted molar refractivity (Wildman–Crippen MR) is 95.0 cm³/mol. The summed E-state index contributed by atoms with van der Waals surface area (Å²) >= 11 is 3.51. The number of rotatable bonds is 12. The van der Waals surface area contributed by atoms with Crippen molar-refractivity contribution in [3.05, 3.63) is 28.2 Å². The van der Waals surface area contributed by atoms with E-state index in [0.29, 0.717) is 0 Å². The Morgan fingerprint density at radius 2 is 1.67 bits per heavy atom. The molecule has 0 bridgehead atoms. The van der Waals surface area contributed by atoms with Gasteiger partial charge in [0.25, 0.3) is 0 Å². The minimum Gasteiger partial charge on any atom is -0.496 e. The number of hydrogen-bond donors (Lipinski definition) is 1. The maximum atomic E-state index is 5.38. The first-order valence-corrected chi connectivity index (χ1v) is 9.10. The van der Waals surface area contributed by atoms with E-state index in [4.69, 9.17) is 4.74 Å². The minimum atomic E-state index is 0.874. The molecule has 0 heterocycles. The number of ether oxygens (including phenoxy) is 1. The van der Waals surface area contributed by atoms with Gasteiger partial charge in [0, 0.05) is 16.6 Å². The number of hydrogen-bond acceptors (Lipinski definition) is 2. The Morgan fingerprint density at radius 1 is 1.00 bits per heavy atom. The molecule has 0 aromatic heterocycles. The van der Waals surface area contributed by atoms with Gasteiger partial charge in [-0.25, -0.2) is 0 Å².